The number of anilines is 1. The van der Waals surface area contributed by atoms with Gasteiger partial charge in [0.05, 0.1) is 19.0 Å². The smallest absolute Gasteiger partial charge is 0.216 e. The summed E-state index contributed by atoms with van der Waals surface area (Å²) in [6.45, 7) is 6.48. The second kappa shape index (κ2) is 8.19. The normalized spacial score (nSPS) is 11.7. The molecule has 2 aromatic rings. The fourth-order valence-corrected chi connectivity index (χ4v) is 1.81. The van der Waals surface area contributed by atoms with Gasteiger partial charge in [-0.05, 0) is 12.1 Å². The first kappa shape index (κ1) is 19.3. The summed E-state index contributed by atoms with van der Waals surface area (Å²) in [6, 6.07) is 7.49. The molecule has 1 aromatic carbocycles. The fraction of sp³-hybridized carbons (Fsp3) is 0.375. The Labute approximate surface area is 153 Å². The van der Waals surface area contributed by atoms with Crippen LogP contribution in [-0.2, 0) is 12.0 Å². The predicted octanol–water partition coefficient (Wildman–Crippen LogP) is 3.53. The monoisotopic (exact) mass is 430 g/mol. The Morgan fingerprint density at radius 3 is 2.65 bits per heavy atom. The Hall–Kier alpha value is -1.77. The molecule has 0 bridgehead atoms. The molecule has 6 nitrogen and oxygen atoms in total. The molecule has 0 unspecified atom stereocenters. The predicted molar refractivity (Wildman–Crippen MR) is 103 cm³/mol. The lowest BCUT2D eigenvalue weighted by Gasteiger charge is -2.13. The Morgan fingerprint density at radius 1 is 1.35 bits per heavy atom. The van der Waals surface area contributed by atoms with Crippen LogP contribution in [0.1, 0.15) is 32.4 Å². The number of nitrogens with zero attached hydrogens (tertiary/aromatic N) is 2. The Bertz CT molecular complexity index is 662. The zero-order chi connectivity index (χ0) is 16.2. The SMILES string of the molecule is COc1ccccc1NC(N)=NCc1ncc(C(C)(C)C)o1.I. The van der Waals surface area contributed by atoms with E-state index in [0.29, 0.717) is 11.6 Å². The number of para-hydroxylation sites is 2. The van der Waals surface area contributed by atoms with Crippen LogP contribution < -0.4 is 15.8 Å². The molecule has 7 heteroatoms. The number of hydrogen-bond donors (Lipinski definition) is 2. The lowest BCUT2D eigenvalue weighted by atomic mass is 9.94. The molecule has 2 rings (SSSR count). The van der Waals surface area contributed by atoms with Gasteiger partial charge in [-0.3, -0.25) is 0 Å². The first-order valence-corrected chi connectivity index (χ1v) is 7.05. The number of rotatable bonds is 4. The number of ether oxygens (including phenoxy) is 1. The number of aliphatic imine (C=N–C) groups is 1. The van der Waals surface area contributed by atoms with E-state index in [9.17, 15) is 0 Å². The zero-order valence-corrected chi connectivity index (χ0v) is 16.1. The number of aromatic nitrogens is 1. The van der Waals surface area contributed by atoms with Crippen molar-refractivity contribution in [2.45, 2.75) is 32.7 Å². The standard InChI is InChI=1S/C16H22N4O2.HI/c1-16(2,3)13-9-18-14(22-13)10-19-15(17)20-11-7-5-6-8-12(11)21-4;/h5-9H,10H2,1-4H3,(H3,17,19,20);1H. The van der Waals surface area contributed by atoms with Crippen LogP contribution in [0.5, 0.6) is 5.75 Å². The molecule has 0 fully saturated rings. The number of methoxy groups -OCH3 is 1. The lowest BCUT2D eigenvalue weighted by Crippen LogP contribution is -2.22. The maximum atomic E-state index is 5.88. The second-order valence-corrected chi connectivity index (χ2v) is 5.90. The first-order valence-electron chi connectivity index (χ1n) is 7.05. The number of guanidine groups is 1. The van der Waals surface area contributed by atoms with E-state index < -0.39 is 0 Å². The van der Waals surface area contributed by atoms with Gasteiger partial charge in [-0.25, -0.2) is 9.98 Å². The van der Waals surface area contributed by atoms with Crippen molar-refractivity contribution in [1.29, 1.82) is 0 Å². The van der Waals surface area contributed by atoms with Gasteiger partial charge in [0, 0.05) is 5.41 Å². The first-order chi connectivity index (χ1) is 10.4. The highest BCUT2D eigenvalue weighted by Gasteiger charge is 2.18. The third-order valence-corrected chi connectivity index (χ3v) is 3.05. The molecule has 0 atom stereocenters. The van der Waals surface area contributed by atoms with E-state index in [-0.39, 0.29) is 41.9 Å². The van der Waals surface area contributed by atoms with Crippen molar-refractivity contribution in [2.24, 2.45) is 10.7 Å². The fourth-order valence-electron chi connectivity index (χ4n) is 1.81. The molecule has 23 heavy (non-hydrogen) atoms. The van der Waals surface area contributed by atoms with E-state index in [1.807, 2.05) is 24.3 Å². The molecule has 0 aliphatic rings. The van der Waals surface area contributed by atoms with Crippen molar-refractivity contribution in [3.05, 3.63) is 42.1 Å². The second-order valence-electron chi connectivity index (χ2n) is 5.90. The number of halogens is 1. The molecular formula is C16H23IN4O2. The minimum Gasteiger partial charge on any atom is -0.495 e. The van der Waals surface area contributed by atoms with E-state index >= 15 is 0 Å². The van der Waals surface area contributed by atoms with Gasteiger partial charge in [0.15, 0.2) is 5.96 Å². The van der Waals surface area contributed by atoms with Gasteiger partial charge in [0.1, 0.15) is 18.1 Å². The molecular weight excluding hydrogens is 407 g/mol. The van der Waals surface area contributed by atoms with Gasteiger partial charge in [-0.1, -0.05) is 32.9 Å². The zero-order valence-electron chi connectivity index (χ0n) is 13.8. The molecule has 3 N–H and O–H groups in total. The van der Waals surface area contributed by atoms with Crippen LogP contribution in [0.3, 0.4) is 0 Å². The van der Waals surface area contributed by atoms with Crippen LogP contribution >= 0.6 is 24.0 Å². The highest BCUT2D eigenvalue weighted by molar-refractivity contribution is 14.0. The van der Waals surface area contributed by atoms with Crippen LogP contribution in [0.4, 0.5) is 5.69 Å². The minimum absolute atomic E-state index is 0. The Balaban J connectivity index is 0.00000264. The van der Waals surface area contributed by atoms with Crippen molar-refractivity contribution in [3.63, 3.8) is 0 Å². The Kier molecular flexibility index (Phi) is 6.86. The number of nitrogens with one attached hydrogen (secondary N) is 1. The maximum absolute atomic E-state index is 5.88. The quantitative estimate of drug-likeness (QED) is 0.441. The molecule has 0 radical (unpaired) electrons. The molecule has 0 spiro atoms. The van der Waals surface area contributed by atoms with E-state index in [4.69, 9.17) is 14.9 Å². The van der Waals surface area contributed by atoms with Crippen LogP contribution in [0, 0.1) is 0 Å². The molecule has 126 valence electrons. The average molecular weight is 430 g/mol. The molecule has 0 aliphatic carbocycles. The highest BCUT2D eigenvalue weighted by atomic mass is 127. The number of nitrogens with two attached hydrogens (primary N) is 1. The van der Waals surface area contributed by atoms with Gasteiger partial charge >= 0.3 is 0 Å². The molecule has 0 saturated heterocycles. The third-order valence-electron chi connectivity index (χ3n) is 3.05. The van der Waals surface area contributed by atoms with Crippen LogP contribution in [0.2, 0.25) is 0 Å². The summed E-state index contributed by atoms with van der Waals surface area (Å²) < 4.78 is 10.9. The highest BCUT2D eigenvalue weighted by Crippen LogP contribution is 2.24. The van der Waals surface area contributed by atoms with E-state index in [2.05, 4.69) is 36.1 Å². The van der Waals surface area contributed by atoms with Crippen molar-refractivity contribution < 1.29 is 9.15 Å². The van der Waals surface area contributed by atoms with Crippen molar-refractivity contribution in [2.75, 3.05) is 12.4 Å². The van der Waals surface area contributed by atoms with Crippen LogP contribution in [0.15, 0.2) is 39.9 Å². The minimum atomic E-state index is -0.0733. The van der Waals surface area contributed by atoms with Gasteiger partial charge in [-0.2, -0.15) is 0 Å². The van der Waals surface area contributed by atoms with Crippen molar-refractivity contribution >= 4 is 35.6 Å². The van der Waals surface area contributed by atoms with E-state index in [0.717, 1.165) is 11.4 Å². The van der Waals surface area contributed by atoms with Crippen LogP contribution in [-0.4, -0.2) is 18.1 Å². The maximum Gasteiger partial charge on any atom is 0.216 e. The number of oxazole rings is 1. The molecule has 1 heterocycles. The van der Waals surface area contributed by atoms with Crippen LogP contribution in [0.25, 0.3) is 0 Å². The summed E-state index contributed by atoms with van der Waals surface area (Å²) in [7, 11) is 1.61. The largest absolute Gasteiger partial charge is 0.495 e. The molecule has 0 amide bonds. The van der Waals surface area contributed by atoms with Gasteiger partial charge < -0.3 is 20.2 Å². The van der Waals surface area contributed by atoms with E-state index in [1.54, 1.807) is 13.3 Å². The lowest BCUT2D eigenvalue weighted by molar-refractivity contribution is 0.383. The summed E-state index contributed by atoms with van der Waals surface area (Å²) in [5.41, 5.74) is 6.57. The van der Waals surface area contributed by atoms with Gasteiger partial charge in [0.25, 0.3) is 0 Å². The molecule has 0 saturated carbocycles. The van der Waals surface area contributed by atoms with Gasteiger partial charge in [0.2, 0.25) is 5.89 Å². The summed E-state index contributed by atoms with van der Waals surface area (Å²) >= 11 is 0. The van der Waals surface area contributed by atoms with Crippen molar-refractivity contribution in [1.82, 2.24) is 4.98 Å². The molecule has 0 aliphatic heterocycles. The summed E-state index contributed by atoms with van der Waals surface area (Å²) in [4.78, 5) is 8.45. The summed E-state index contributed by atoms with van der Waals surface area (Å²) in [5, 5.41) is 3.00. The topological polar surface area (TPSA) is 85.7 Å². The number of hydrogen-bond acceptors (Lipinski definition) is 4. The van der Waals surface area contributed by atoms with Gasteiger partial charge in [-0.15, -0.1) is 24.0 Å². The summed E-state index contributed by atoms with van der Waals surface area (Å²) in [5.74, 6) is 2.34. The van der Waals surface area contributed by atoms with Crippen molar-refractivity contribution in [3.8, 4) is 5.75 Å². The average Bonchev–Trinajstić information content (AvgIpc) is 2.95. The Morgan fingerprint density at radius 2 is 2.04 bits per heavy atom. The van der Waals surface area contributed by atoms with E-state index in [1.165, 1.54) is 0 Å². The summed E-state index contributed by atoms with van der Waals surface area (Å²) in [6.07, 6.45) is 1.73. The number of benzene rings is 1. The third kappa shape index (κ3) is 5.42. The molecule has 1 aromatic heterocycles.